The minimum Gasteiger partial charge on any atom is -0.495 e. The van der Waals surface area contributed by atoms with Gasteiger partial charge in [-0.2, -0.15) is 0 Å². The number of carbonyl (C=O) groups is 1. The molecule has 0 atom stereocenters. The number of nitrogens with one attached hydrogen (secondary N) is 2. The summed E-state index contributed by atoms with van der Waals surface area (Å²) in [5, 5.41) is 5.74. The standard InChI is InChI=1S/C21H23N3O2/c1-15-13-17(16(2)24(15)18-9-5-4-6-10-18)14-22-21(25)23-19-11-7-8-12-20(19)26-3/h4-13H,14H2,1-3H3,(H2,22,23,25). The number of rotatable bonds is 5. The third-order valence-electron chi connectivity index (χ3n) is 4.34. The van der Waals surface area contributed by atoms with Crippen LogP contribution < -0.4 is 15.4 Å². The summed E-state index contributed by atoms with van der Waals surface area (Å²) in [6, 6.07) is 19.4. The van der Waals surface area contributed by atoms with Gasteiger partial charge in [0.05, 0.1) is 12.8 Å². The molecule has 3 aromatic rings. The normalized spacial score (nSPS) is 10.4. The molecule has 0 radical (unpaired) electrons. The first-order chi connectivity index (χ1) is 12.6. The van der Waals surface area contributed by atoms with E-state index in [9.17, 15) is 4.79 Å². The Bertz CT molecular complexity index is 901. The van der Waals surface area contributed by atoms with Crippen molar-refractivity contribution in [3.05, 3.63) is 77.6 Å². The molecule has 0 fully saturated rings. The summed E-state index contributed by atoms with van der Waals surface area (Å²) in [5.74, 6) is 0.630. The molecule has 5 nitrogen and oxygen atoms in total. The van der Waals surface area contributed by atoms with Gasteiger partial charge in [0.15, 0.2) is 0 Å². The van der Waals surface area contributed by atoms with Gasteiger partial charge in [0.2, 0.25) is 0 Å². The van der Waals surface area contributed by atoms with Crippen molar-refractivity contribution in [2.75, 3.05) is 12.4 Å². The Kier molecular flexibility index (Phi) is 5.27. The van der Waals surface area contributed by atoms with Crippen molar-refractivity contribution in [3.8, 4) is 11.4 Å². The number of hydrogen-bond acceptors (Lipinski definition) is 2. The maximum absolute atomic E-state index is 12.2. The molecule has 0 unspecified atom stereocenters. The molecule has 0 saturated carbocycles. The minimum absolute atomic E-state index is 0.265. The molecule has 0 aliphatic carbocycles. The summed E-state index contributed by atoms with van der Waals surface area (Å²) in [6.07, 6.45) is 0. The average molecular weight is 349 g/mol. The number of ether oxygens (including phenoxy) is 1. The fourth-order valence-corrected chi connectivity index (χ4v) is 3.07. The highest BCUT2D eigenvalue weighted by Gasteiger charge is 2.12. The maximum Gasteiger partial charge on any atom is 0.319 e. The van der Waals surface area contributed by atoms with Gasteiger partial charge in [-0.3, -0.25) is 0 Å². The van der Waals surface area contributed by atoms with Crippen LogP contribution in [0.5, 0.6) is 5.75 Å². The van der Waals surface area contributed by atoms with Crippen LogP contribution in [0.15, 0.2) is 60.7 Å². The zero-order valence-corrected chi connectivity index (χ0v) is 15.2. The molecular formula is C21H23N3O2. The van der Waals surface area contributed by atoms with E-state index < -0.39 is 0 Å². The lowest BCUT2D eigenvalue weighted by atomic mass is 10.2. The highest BCUT2D eigenvalue weighted by atomic mass is 16.5. The quantitative estimate of drug-likeness (QED) is 0.716. The molecule has 134 valence electrons. The van der Waals surface area contributed by atoms with Crippen LogP contribution in [0.2, 0.25) is 0 Å². The fraction of sp³-hybridized carbons (Fsp3) is 0.190. The molecule has 5 heteroatoms. The number of nitrogens with zero attached hydrogens (tertiary/aromatic N) is 1. The Hall–Kier alpha value is -3.21. The van der Waals surface area contributed by atoms with Gasteiger partial charge < -0.3 is 19.9 Å². The van der Waals surface area contributed by atoms with Gasteiger partial charge in [0.25, 0.3) is 0 Å². The number of anilines is 1. The highest BCUT2D eigenvalue weighted by Crippen LogP contribution is 2.23. The van der Waals surface area contributed by atoms with E-state index in [1.165, 1.54) is 0 Å². The zero-order valence-electron chi connectivity index (χ0n) is 15.2. The van der Waals surface area contributed by atoms with Gasteiger partial charge in [0.1, 0.15) is 5.75 Å². The van der Waals surface area contributed by atoms with E-state index in [2.05, 4.69) is 47.2 Å². The first-order valence-corrected chi connectivity index (χ1v) is 8.51. The van der Waals surface area contributed by atoms with Crippen molar-refractivity contribution in [3.63, 3.8) is 0 Å². The molecule has 0 saturated heterocycles. The molecular weight excluding hydrogens is 326 g/mol. The summed E-state index contributed by atoms with van der Waals surface area (Å²) in [5.41, 5.74) is 5.10. The van der Waals surface area contributed by atoms with Crippen molar-refractivity contribution in [2.24, 2.45) is 0 Å². The third-order valence-corrected chi connectivity index (χ3v) is 4.34. The summed E-state index contributed by atoms with van der Waals surface area (Å²) in [7, 11) is 1.58. The number of aromatic nitrogens is 1. The van der Waals surface area contributed by atoms with E-state index in [0.29, 0.717) is 18.0 Å². The van der Waals surface area contributed by atoms with Crippen LogP contribution in [0.25, 0.3) is 5.69 Å². The number of hydrogen-bond donors (Lipinski definition) is 2. The number of methoxy groups -OCH3 is 1. The largest absolute Gasteiger partial charge is 0.495 e. The van der Waals surface area contributed by atoms with Crippen molar-refractivity contribution >= 4 is 11.7 Å². The van der Waals surface area contributed by atoms with E-state index in [1.54, 1.807) is 13.2 Å². The summed E-state index contributed by atoms with van der Waals surface area (Å²) >= 11 is 0. The molecule has 0 bridgehead atoms. The van der Waals surface area contributed by atoms with Crippen LogP contribution >= 0.6 is 0 Å². The second-order valence-electron chi connectivity index (χ2n) is 6.08. The monoisotopic (exact) mass is 349 g/mol. The lowest BCUT2D eigenvalue weighted by molar-refractivity contribution is 0.251. The highest BCUT2D eigenvalue weighted by molar-refractivity contribution is 5.90. The van der Waals surface area contributed by atoms with Gasteiger partial charge in [0, 0.05) is 23.6 Å². The van der Waals surface area contributed by atoms with E-state index in [0.717, 1.165) is 22.6 Å². The molecule has 0 aliphatic rings. The van der Waals surface area contributed by atoms with E-state index in [4.69, 9.17) is 4.74 Å². The van der Waals surface area contributed by atoms with Crippen molar-refractivity contribution < 1.29 is 9.53 Å². The molecule has 2 aromatic carbocycles. The number of amides is 2. The van der Waals surface area contributed by atoms with Crippen LogP contribution in [0.3, 0.4) is 0 Å². The topological polar surface area (TPSA) is 55.3 Å². The van der Waals surface area contributed by atoms with Gasteiger partial charge in [-0.1, -0.05) is 30.3 Å². The first-order valence-electron chi connectivity index (χ1n) is 8.51. The Labute approximate surface area is 153 Å². The first kappa shape index (κ1) is 17.6. The second kappa shape index (κ2) is 7.78. The number of para-hydroxylation sites is 3. The number of benzene rings is 2. The predicted molar refractivity (Wildman–Crippen MR) is 104 cm³/mol. The minimum atomic E-state index is -0.265. The Morgan fingerprint density at radius 1 is 1.04 bits per heavy atom. The van der Waals surface area contributed by atoms with Crippen LogP contribution in [0.1, 0.15) is 17.0 Å². The smallest absolute Gasteiger partial charge is 0.319 e. The average Bonchev–Trinajstić information content (AvgIpc) is 2.94. The third kappa shape index (κ3) is 3.72. The van der Waals surface area contributed by atoms with Gasteiger partial charge in [-0.25, -0.2) is 4.79 Å². The Morgan fingerprint density at radius 3 is 2.46 bits per heavy atom. The van der Waals surface area contributed by atoms with Crippen LogP contribution in [0, 0.1) is 13.8 Å². The van der Waals surface area contributed by atoms with Gasteiger partial charge in [-0.05, 0) is 49.7 Å². The molecule has 1 aromatic heterocycles. The molecule has 2 amide bonds. The van der Waals surface area contributed by atoms with Crippen LogP contribution in [0.4, 0.5) is 10.5 Å². The van der Waals surface area contributed by atoms with Crippen molar-refractivity contribution in [1.29, 1.82) is 0 Å². The molecule has 2 N–H and O–H groups in total. The fourth-order valence-electron chi connectivity index (χ4n) is 3.07. The van der Waals surface area contributed by atoms with E-state index >= 15 is 0 Å². The second-order valence-corrected chi connectivity index (χ2v) is 6.08. The van der Waals surface area contributed by atoms with Crippen molar-refractivity contribution in [1.82, 2.24) is 9.88 Å². The molecule has 3 rings (SSSR count). The lowest BCUT2D eigenvalue weighted by Gasteiger charge is -2.12. The molecule has 26 heavy (non-hydrogen) atoms. The Morgan fingerprint density at radius 2 is 1.73 bits per heavy atom. The number of carbonyl (C=O) groups excluding carboxylic acids is 1. The number of aryl methyl sites for hydroxylation is 1. The number of urea groups is 1. The zero-order chi connectivity index (χ0) is 18.5. The lowest BCUT2D eigenvalue weighted by Crippen LogP contribution is -2.28. The maximum atomic E-state index is 12.2. The van der Waals surface area contributed by atoms with E-state index in [1.807, 2.05) is 36.4 Å². The summed E-state index contributed by atoms with van der Waals surface area (Å²) < 4.78 is 7.44. The molecule has 0 spiro atoms. The van der Waals surface area contributed by atoms with Crippen LogP contribution in [-0.4, -0.2) is 17.7 Å². The van der Waals surface area contributed by atoms with E-state index in [-0.39, 0.29) is 6.03 Å². The molecule has 1 heterocycles. The summed E-state index contributed by atoms with van der Waals surface area (Å²) in [4.78, 5) is 12.2. The Balaban J connectivity index is 1.69. The van der Waals surface area contributed by atoms with Crippen molar-refractivity contribution in [2.45, 2.75) is 20.4 Å². The predicted octanol–water partition coefficient (Wildman–Crippen LogP) is 4.42. The SMILES string of the molecule is COc1ccccc1NC(=O)NCc1cc(C)n(-c2ccccc2)c1C. The van der Waals surface area contributed by atoms with Crippen LogP contribution in [-0.2, 0) is 6.54 Å². The summed E-state index contributed by atoms with van der Waals surface area (Å²) in [6.45, 7) is 4.58. The van der Waals surface area contributed by atoms with Gasteiger partial charge in [-0.15, -0.1) is 0 Å². The molecule has 0 aliphatic heterocycles. The van der Waals surface area contributed by atoms with Gasteiger partial charge >= 0.3 is 6.03 Å².